The fourth-order valence-electron chi connectivity index (χ4n) is 2.42. The van der Waals surface area contributed by atoms with Crippen LogP contribution in [0, 0.1) is 11.8 Å². The maximum absolute atomic E-state index is 12.8. The van der Waals surface area contributed by atoms with Gasteiger partial charge in [-0.15, -0.1) is 0 Å². The lowest BCUT2D eigenvalue weighted by Gasteiger charge is -2.32. The first-order valence-electron chi connectivity index (χ1n) is 8.49. The van der Waals surface area contributed by atoms with Gasteiger partial charge in [-0.05, 0) is 45.1 Å². The topological polar surface area (TPSA) is 37.4 Å². The molecule has 0 fully saturated rings. The first-order chi connectivity index (χ1) is 10.6. The third kappa shape index (κ3) is 6.98. The fourth-order valence-corrected chi connectivity index (χ4v) is 2.42. The van der Waals surface area contributed by atoms with Crippen molar-refractivity contribution in [3.63, 3.8) is 0 Å². The summed E-state index contributed by atoms with van der Waals surface area (Å²) in [5.74, 6) is 0.426. The monoisotopic (exact) mass is 319 g/mol. The summed E-state index contributed by atoms with van der Waals surface area (Å²) in [4.78, 5) is 25.7. The molecule has 0 aliphatic rings. The summed E-state index contributed by atoms with van der Waals surface area (Å²) in [7, 11) is 0. The molecule has 0 aromatic carbocycles. The zero-order chi connectivity index (χ0) is 18.2. The molecule has 23 heavy (non-hydrogen) atoms. The number of hydrogen-bond acceptors (Lipinski definition) is 2. The van der Waals surface area contributed by atoms with Crippen LogP contribution in [-0.2, 0) is 9.59 Å². The van der Waals surface area contributed by atoms with Crippen molar-refractivity contribution in [3.05, 3.63) is 35.5 Å². The fraction of sp³-hybridized carbons (Fsp3) is 0.600. The van der Waals surface area contributed by atoms with E-state index in [1.165, 1.54) is 0 Å². The van der Waals surface area contributed by atoms with Gasteiger partial charge in [0.05, 0.1) is 0 Å². The summed E-state index contributed by atoms with van der Waals surface area (Å²) in [6, 6.07) is 0.326. The third-order valence-electron chi connectivity index (χ3n) is 3.69. The third-order valence-corrected chi connectivity index (χ3v) is 3.69. The summed E-state index contributed by atoms with van der Waals surface area (Å²) < 4.78 is 0. The van der Waals surface area contributed by atoms with Gasteiger partial charge in [0.25, 0.3) is 0 Å². The molecule has 0 spiro atoms. The van der Waals surface area contributed by atoms with Crippen LogP contribution in [0.2, 0.25) is 0 Å². The van der Waals surface area contributed by atoms with Crippen LogP contribution >= 0.6 is 0 Å². The van der Waals surface area contributed by atoms with E-state index < -0.39 is 0 Å². The van der Waals surface area contributed by atoms with Crippen LogP contribution in [-0.4, -0.2) is 29.2 Å². The van der Waals surface area contributed by atoms with E-state index in [0.29, 0.717) is 0 Å². The van der Waals surface area contributed by atoms with Gasteiger partial charge >= 0.3 is 0 Å². The van der Waals surface area contributed by atoms with Crippen LogP contribution in [0.1, 0.15) is 55.4 Å². The largest absolute Gasteiger partial charge is 0.334 e. The molecule has 0 unspecified atom stereocenters. The first kappa shape index (κ1) is 21.4. The highest BCUT2D eigenvalue weighted by Gasteiger charge is 2.24. The lowest BCUT2D eigenvalue weighted by Crippen LogP contribution is -2.43. The maximum atomic E-state index is 12.8. The summed E-state index contributed by atoms with van der Waals surface area (Å²) in [5, 5.41) is 0. The highest BCUT2D eigenvalue weighted by Crippen LogP contribution is 2.18. The summed E-state index contributed by atoms with van der Waals surface area (Å²) in [6.07, 6.45) is 8.22. The van der Waals surface area contributed by atoms with Gasteiger partial charge in [-0.2, -0.15) is 0 Å². The normalized spacial score (nSPS) is 13.7. The Hall–Kier alpha value is -1.64. The van der Waals surface area contributed by atoms with Crippen molar-refractivity contribution in [2.45, 2.75) is 67.5 Å². The van der Waals surface area contributed by atoms with Crippen molar-refractivity contribution in [2.75, 3.05) is 0 Å². The molecular weight excluding hydrogens is 286 g/mol. The molecule has 0 aliphatic carbocycles. The number of aldehydes is 1. The predicted octanol–water partition coefficient (Wildman–Crippen LogP) is 4.55. The Kier molecular flexibility index (Phi) is 9.47. The van der Waals surface area contributed by atoms with Crippen LogP contribution < -0.4 is 0 Å². The second kappa shape index (κ2) is 10.2. The molecule has 3 nitrogen and oxygen atoms in total. The smallest absolute Gasteiger partial charge is 0.250 e. The molecule has 0 saturated carbocycles. The molecule has 0 bridgehead atoms. The van der Waals surface area contributed by atoms with E-state index in [2.05, 4.69) is 0 Å². The molecule has 0 atom stereocenters. The van der Waals surface area contributed by atoms with E-state index in [9.17, 15) is 9.59 Å². The van der Waals surface area contributed by atoms with Gasteiger partial charge in [-0.25, -0.2) is 0 Å². The second-order valence-electron chi connectivity index (χ2n) is 7.00. The highest BCUT2D eigenvalue weighted by molar-refractivity contribution is 5.94. The van der Waals surface area contributed by atoms with Gasteiger partial charge in [0.15, 0.2) is 0 Å². The molecule has 0 N–H and O–H groups in total. The van der Waals surface area contributed by atoms with Crippen molar-refractivity contribution in [1.82, 2.24) is 4.90 Å². The number of amides is 1. The minimum atomic E-state index is 0.0816. The minimum Gasteiger partial charge on any atom is -0.334 e. The SMILES string of the molecule is CC(C)\C(C=O)=C/C=C/C=C(/C(=O)N(C(C)C)C(C)C)C(C)C. The van der Waals surface area contributed by atoms with Crippen molar-refractivity contribution < 1.29 is 9.59 Å². The average molecular weight is 319 g/mol. The molecule has 0 rings (SSSR count). The molecule has 1 amide bonds. The Morgan fingerprint density at radius 2 is 1.26 bits per heavy atom. The Balaban J connectivity index is 5.41. The second-order valence-corrected chi connectivity index (χ2v) is 7.00. The van der Waals surface area contributed by atoms with Gasteiger partial charge in [0, 0.05) is 17.7 Å². The zero-order valence-electron chi connectivity index (χ0n) is 16.0. The first-order valence-corrected chi connectivity index (χ1v) is 8.49. The minimum absolute atomic E-state index is 0.0816. The van der Waals surface area contributed by atoms with Gasteiger partial charge < -0.3 is 4.90 Å². The van der Waals surface area contributed by atoms with Gasteiger partial charge in [0.1, 0.15) is 6.29 Å². The number of rotatable bonds is 8. The van der Waals surface area contributed by atoms with E-state index in [1.807, 2.05) is 78.5 Å². The molecule has 0 radical (unpaired) electrons. The van der Waals surface area contributed by atoms with E-state index >= 15 is 0 Å². The standard InChI is InChI=1S/C20H33NO2/c1-14(2)18(13-22)11-9-10-12-19(15(3)4)20(23)21(16(5)6)17(7)8/h9-17H,1-8H3/b10-9+,18-11-,19-12+. The quantitative estimate of drug-likeness (QED) is 0.374. The Morgan fingerprint density at radius 3 is 1.61 bits per heavy atom. The summed E-state index contributed by atoms with van der Waals surface area (Å²) >= 11 is 0. The van der Waals surface area contributed by atoms with Crippen LogP contribution in [0.5, 0.6) is 0 Å². The zero-order valence-corrected chi connectivity index (χ0v) is 16.0. The molecule has 0 aromatic heterocycles. The lowest BCUT2D eigenvalue weighted by molar-refractivity contribution is -0.131. The number of carbonyl (C=O) groups excluding carboxylic acids is 2. The number of nitrogens with zero attached hydrogens (tertiary/aromatic N) is 1. The lowest BCUT2D eigenvalue weighted by atomic mass is 9.99. The Bertz CT molecular complexity index is 472. The molecule has 0 aliphatic heterocycles. The van der Waals surface area contributed by atoms with Crippen LogP contribution in [0.3, 0.4) is 0 Å². The number of allylic oxidation sites excluding steroid dienone is 5. The van der Waals surface area contributed by atoms with Crippen LogP contribution in [0.15, 0.2) is 35.5 Å². The molecule has 0 aromatic rings. The Labute approximate surface area is 142 Å². The van der Waals surface area contributed by atoms with Crippen molar-refractivity contribution >= 4 is 12.2 Å². The highest BCUT2D eigenvalue weighted by atomic mass is 16.2. The van der Waals surface area contributed by atoms with E-state index in [4.69, 9.17) is 0 Å². The number of carbonyl (C=O) groups is 2. The van der Waals surface area contributed by atoms with Gasteiger partial charge in [0.2, 0.25) is 5.91 Å². The van der Waals surface area contributed by atoms with Crippen LogP contribution in [0.4, 0.5) is 0 Å². The molecular formula is C20H33NO2. The molecule has 130 valence electrons. The maximum Gasteiger partial charge on any atom is 0.250 e. The summed E-state index contributed by atoms with van der Waals surface area (Å²) in [6.45, 7) is 16.2. The molecule has 0 saturated heterocycles. The van der Waals surface area contributed by atoms with Crippen molar-refractivity contribution in [2.24, 2.45) is 11.8 Å². The van der Waals surface area contributed by atoms with Crippen molar-refractivity contribution in [3.8, 4) is 0 Å². The van der Waals surface area contributed by atoms with Crippen molar-refractivity contribution in [1.29, 1.82) is 0 Å². The summed E-state index contributed by atoms with van der Waals surface area (Å²) in [5.41, 5.74) is 1.53. The Morgan fingerprint density at radius 1 is 0.783 bits per heavy atom. The van der Waals surface area contributed by atoms with E-state index in [-0.39, 0.29) is 29.8 Å². The van der Waals surface area contributed by atoms with Gasteiger partial charge in [-0.3, -0.25) is 9.59 Å². The molecule has 3 heteroatoms. The van der Waals surface area contributed by atoms with Gasteiger partial charge in [-0.1, -0.05) is 52.0 Å². The average Bonchev–Trinajstić information content (AvgIpc) is 2.40. The molecule has 0 heterocycles. The van der Waals surface area contributed by atoms with Crippen LogP contribution in [0.25, 0.3) is 0 Å². The number of hydrogen-bond donors (Lipinski definition) is 0. The van der Waals surface area contributed by atoms with E-state index in [0.717, 1.165) is 17.4 Å². The predicted molar refractivity (Wildman–Crippen MR) is 98.2 cm³/mol. The van der Waals surface area contributed by atoms with E-state index in [1.54, 1.807) is 6.08 Å².